The van der Waals surface area contributed by atoms with E-state index in [1.165, 1.54) is 31.4 Å². The molecule has 0 aromatic heterocycles. The Morgan fingerprint density at radius 1 is 0.974 bits per heavy atom. The Morgan fingerprint density at radius 2 is 1.61 bits per heavy atom. The van der Waals surface area contributed by atoms with Crippen molar-refractivity contribution in [2.24, 2.45) is 0 Å². The molecule has 10 heteroatoms. The van der Waals surface area contributed by atoms with Gasteiger partial charge in [0.15, 0.2) is 17.6 Å². The molecule has 0 saturated carbocycles. The number of esters is 2. The molecule has 0 saturated heterocycles. The number of hydrogen-bond acceptors (Lipinski definition) is 9. The van der Waals surface area contributed by atoms with Gasteiger partial charge in [0, 0.05) is 24.1 Å². The van der Waals surface area contributed by atoms with Crippen molar-refractivity contribution in [1.82, 2.24) is 0 Å². The van der Waals surface area contributed by atoms with Gasteiger partial charge in [-0.1, -0.05) is 55.1 Å². The van der Waals surface area contributed by atoms with Crippen molar-refractivity contribution in [3.05, 3.63) is 112 Å². The number of nitrogens with zero attached hydrogens (tertiary/aromatic N) is 1. The lowest BCUT2D eigenvalue weighted by Crippen LogP contribution is -2.22. The molecule has 3 rings (SSSR count). The number of Topliss-reactive ketones (excluding diaryl/α,β-unsaturated/α-hetero) is 1. The van der Waals surface area contributed by atoms with Crippen LogP contribution in [0.25, 0.3) is 0 Å². The molecule has 0 N–H and O–H groups in total. The summed E-state index contributed by atoms with van der Waals surface area (Å²) in [4.78, 5) is 48.9. The zero-order valence-electron chi connectivity index (χ0n) is 20.5. The molecule has 1 unspecified atom stereocenters. The first-order chi connectivity index (χ1) is 18.3. The Bertz CT molecular complexity index is 1310. The van der Waals surface area contributed by atoms with Crippen LogP contribution >= 0.6 is 0 Å². The number of non-ortho nitro benzene ring substituents is 1. The molecule has 0 bridgehead atoms. The number of methoxy groups -OCH3 is 1. The Kier molecular flexibility index (Phi) is 9.70. The summed E-state index contributed by atoms with van der Waals surface area (Å²) in [6.07, 6.45) is -0.327. The number of ketones is 1. The van der Waals surface area contributed by atoms with Crippen LogP contribution in [-0.2, 0) is 14.3 Å². The third kappa shape index (κ3) is 7.03. The van der Waals surface area contributed by atoms with Crippen LogP contribution in [0, 0.1) is 10.1 Å². The Balaban J connectivity index is 2.05. The van der Waals surface area contributed by atoms with E-state index in [0.29, 0.717) is 0 Å². The molecule has 1 atom stereocenters. The summed E-state index contributed by atoms with van der Waals surface area (Å²) in [5.74, 6) is -2.10. The first kappa shape index (κ1) is 27.6. The number of benzene rings is 3. The number of carbonyl (C=O) groups excluding carboxylic acids is 3. The van der Waals surface area contributed by atoms with Crippen molar-refractivity contribution in [3.8, 4) is 11.5 Å². The lowest BCUT2D eigenvalue weighted by atomic mass is 9.97. The SMILES string of the molecule is C=CC(=O)OCCCOc1c(OC)cc([N+](=O)[O-])cc1C(OC(=O)c1ccccc1)C(=O)c1ccccc1. The molecule has 0 aliphatic carbocycles. The molecule has 0 spiro atoms. The summed E-state index contributed by atoms with van der Waals surface area (Å²) >= 11 is 0. The second kappa shape index (κ2) is 13.4. The molecule has 0 aliphatic rings. The zero-order valence-corrected chi connectivity index (χ0v) is 20.5. The second-order valence-electron chi connectivity index (χ2n) is 7.78. The highest BCUT2D eigenvalue weighted by Gasteiger charge is 2.33. The Hall–Kier alpha value is -4.99. The van der Waals surface area contributed by atoms with Gasteiger partial charge in [0.25, 0.3) is 5.69 Å². The normalized spacial score (nSPS) is 11.1. The summed E-state index contributed by atoms with van der Waals surface area (Å²) in [6.45, 7) is 3.33. The van der Waals surface area contributed by atoms with Crippen LogP contribution in [0.5, 0.6) is 11.5 Å². The van der Waals surface area contributed by atoms with E-state index in [0.717, 1.165) is 18.2 Å². The lowest BCUT2D eigenvalue weighted by Gasteiger charge is -2.22. The van der Waals surface area contributed by atoms with Gasteiger partial charge in [-0.05, 0) is 12.1 Å². The highest BCUT2D eigenvalue weighted by Crippen LogP contribution is 2.41. The number of hydrogen-bond donors (Lipinski definition) is 0. The van der Waals surface area contributed by atoms with Gasteiger partial charge in [-0.2, -0.15) is 0 Å². The summed E-state index contributed by atoms with van der Waals surface area (Å²) in [7, 11) is 1.28. The van der Waals surface area contributed by atoms with Gasteiger partial charge < -0.3 is 18.9 Å². The molecule has 0 aliphatic heterocycles. The smallest absolute Gasteiger partial charge is 0.339 e. The van der Waals surface area contributed by atoms with Crippen LogP contribution in [0.2, 0.25) is 0 Å². The molecular formula is C28H25NO9. The number of carbonyl (C=O) groups is 3. The fraction of sp³-hybridized carbons (Fsp3) is 0.179. The number of rotatable bonds is 13. The molecule has 38 heavy (non-hydrogen) atoms. The molecule has 0 amide bonds. The van der Waals surface area contributed by atoms with E-state index in [9.17, 15) is 24.5 Å². The third-order valence-corrected chi connectivity index (χ3v) is 5.26. The van der Waals surface area contributed by atoms with E-state index in [2.05, 4.69) is 6.58 Å². The molecular weight excluding hydrogens is 494 g/mol. The van der Waals surface area contributed by atoms with E-state index < -0.39 is 34.4 Å². The van der Waals surface area contributed by atoms with Gasteiger partial charge in [-0.15, -0.1) is 0 Å². The first-order valence-electron chi connectivity index (χ1n) is 11.5. The summed E-state index contributed by atoms with van der Waals surface area (Å²) in [5, 5.41) is 11.7. The standard InChI is InChI=1S/C28H25NO9/c1-3-24(30)36-15-10-16-37-26-22(17-21(29(33)34)18-23(26)35-2)27(25(31)19-11-6-4-7-12-19)38-28(32)20-13-8-5-9-14-20/h3-9,11-14,17-18,27H,1,10,15-16H2,2H3. The second-order valence-corrected chi connectivity index (χ2v) is 7.78. The Labute approximate surface area is 218 Å². The molecule has 0 radical (unpaired) electrons. The van der Waals surface area contributed by atoms with Gasteiger partial charge in [0.1, 0.15) is 0 Å². The highest BCUT2D eigenvalue weighted by atomic mass is 16.6. The fourth-order valence-electron chi connectivity index (χ4n) is 3.44. The van der Waals surface area contributed by atoms with Gasteiger partial charge in [-0.3, -0.25) is 14.9 Å². The van der Waals surface area contributed by atoms with Crippen LogP contribution in [0.1, 0.15) is 38.8 Å². The van der Waals surface area contributed by atoms with Gasteiger partial charge in [-0.25, -0.2) is 9.59 Å². The van der Waals surface area contributed by atoms with Crippen LogP contribution in [-0.4, -0.2) is 43.0 Å². The maximum absolute atomic E-state index is 13.6. The number of nitro groups is 1. The van der Waals surface area contributed by atoms with E-state index >= 15 is 0 Å². The van der Waals surface area contributed by atoms with E-state index in [4.69, 9.17) is 18.9 Å². The monoisotopic (exact) mass is 519 g/mol. The quantitative estimate of drug-likeness (QED) is 0.0774. The summed E-state index contributed by atoms with van der Waals surface area (Å²) in [6, 6.07) is 18.3. The highest BCUT2D eigenvalue weighted by molar-refractivity contribution is 6.02. The third-order valence-electron chi connectivity index (χ3n) is 5.26. The predicted molar refractivity (Wildman–Crippen MR) is 136 cm³/mol. The molecule has 0 heterocycles. The largest absolute Gasteiger partial charge is 0.493 e. The number of ether oxygens (including phenoxy) is 4. The van der Waals surface area contributed by atoms with E-state index in [1.54, 1.807) is 36.4 Å². The predicted octanol–water partition coefficient (Wildman–Crippen LogP) is 4.88. The van der Waals surface area contributed by atoms with Gasteiger partial charge >= 0.3 is 11.9 Å². The minimum absolute atomic E-state index is 0.00945. The summed E-state index contributed by atoms with van der Waals surface area (Å²) in [5.41, 5.74) is -0.0728. The Morgan fingerprint density at radius 3 is 2.18 bits per heavy atom. The summed E-state index contributed by atoms with van der Waals surface area (Å²) < 4.78 is 21.8. The van der Waals surface area contributed by atoms with Gasteiger partial charge in [0.05, 0.1) is 42.4 Å². The van der Waals surface area contributed by atoms with Crippen LogP contribution in [0.4, 0.5) is 5.69 Å². The zero-order chi connectivity index (χ0) is 27.5. The van der Waals surface area contributed by atoms with Crippen molar-refractivity contribution in [2.45, 2.75) is 12.5 Å². The fourth-order valence-corrected chi connectivity index (χ4v) is 3.44. The first-order valence-corrected chi connectivity index (χ1v) is 11.5. The van der Waals surface area contributed by atoms with Crippen LogP contribution in [0.15, 0.2) is 85.5 Å². The molecule has 10 nitrogen and oxygen atoms in total. The lowest BCUT2D eigenvalue weighted by molar-refractivity contribution is -0.385. The van der Waals surface area contributed by atoms with E-state index in [-0.39, 0.29) is 47.8 Å². The maximum atomic E-state index is 13.6. The van der Waals surface area contributed by atoms with Crippen LogP contribution < -0.4 is 9.47 Å². The number of nitro benzene ring substituents is 1. The molecule has 0 fully saturated rings. The average molecular weight is 520 g/mol. The van der Waals surface area contributed by atoms with Crippen molar-refractivity contribution in [3.63, 3.8) is 0 Å². The van der Waals surface area contributed by atoms with Crippen molar-refractivity contribution in [2.75, 3.05) is 20.3 Å². The average Bonchev–Trinajstić information content (AvgIpc) is 2.95. The molecule has 3 aromatic carbocycles. The van der Waals surface area contributed by atoms with Crippen LogP contribution in [0.3, 0.4) is 0 Å². The molecule has 3 aromatic rings. The van der Waals surface area contributed by atoms with Crippen molar-refractivity contribution in [1.29, 1.82) is 0 Å². The van der Waals surface area contributed by atoms with Crippen molar-refractivity contribution >= 4 is 23.4 Å². The minimum Gasteiger partial charge on any atom is -0.493 e. The maximum Gasteiger partial charge on any atom is 0.339 e. The van der Waals surface area contributed by atoms with Crippen molar-refractivity contribution < 1.29 is 38.3 Å². The van der Waals surface area contributed by atoms with Gasteiger partial charge in [0.2, 0.25) is 5.78 Å². The molecule has 196 valence electrons. The topological polar surface area (TPSA) is 131 Å². The van der Waals surface area contributed by atoms with E-state index in [1.807, 2.05) is 0 Å². The minimum atomic E-state index is -1.60.